The van der Waals surface area contributed by atoms with Gasteiger partial charge in [0.05, 0.1) is 5.56 Å². The van der Waals surface area contributed by atoms with E-state index >= 15 is 0 Å². The van der Waals surface area contributed by atoms with Crippen molar-refractivity contribution >= 4 is 17.8 Å². The molecule has 1 rings (SSSR count). The molecule has 0 heterocycles. The zero-order valence-electron chi connectivity index (χ0n) is 8.90. The van der Waals surface area contributed by atoms with Crippen LogP contribution in [0.5, 0.6) is 0 Å². The van der Waals surface area contributed by atoms with Crippen molar-refractivity contribution in [1.82, 2.24) is 5.32 Å². The Hall–Kier alpha value is -2.17. The van der Waals surface area contributed by atoms with Crippen molar-refractivity contribution < 1.29 is 19.5 Å². The van der Waals surface area contributed by atoms with Crippen LogP contribution in [-0.4, -0.2) is 22.9 Å². The number of aromatic carboxylic acids is 1. The molecule has 0 unspecified atom stereocenters. The molecule has 0 aromatic heterocycles. The van der Waals surface area contributed by atoms with E-state index in [4.69, 9.17) is 5.11 Å². The van der Waals surface area contributed by atoms with Gasteiger partial charge in [0.2, 0.25) is 5.91 Å². The van der Waals surface area contributed by atoms with Crippen LogP contribution in [0.25, 0.3) is 0 Å². The van der Waals surface area contributed by atoms with Gasteiger partial charge in [0.25, 0.3) is 5.91 Å². The van der Waals surface area contributed by atoms with E-state index in [2.05, 4.69) is 5.32 Å². The van der Waals surface area contributed by atoms with Gasteiger partial charge in [0.15, 0.2) is 0 Å². The SMILES string of the molecule is CC(=O)NC(=O)c1ccc(C(=O)O)cc1C. The van der Waals surface area contributed by atoms with E-state index < -0.39 is 17.8 Å². The van der Waals surface area contributed by atoms with Crippen molar-refractivity contribution in [3.8, 4) is 0 Å². The van der Waals surface area contributed by atoms with Crippen molar-refractivity contribution in [1.29, 1.82) is 0 Å². The van der Waals surface area contributed by atoms with Crippen LogP contribution < -0.4 is 5.32 Å². The van der Waals surface area contributed by atoms with Gasteiger partial charge in [-0.2, -0.15) is 0 Å². The van der Waals surface area contributed by atoms with Gasteiger partial charge in [0.1, 0.15) is 0 Å². The Labute approximate surface area is 92.1 Å². The molecule has 0 aliphatic carbocycles. The molecule has 16 heavy (non-hydrogen) atoms. The van der Waals surface area contributed by atoms with Crippen LogP contribution in [0.1, 0.15) is 33.2 Å². The van der Waals surface area contributed by atoms with E-state index in [0.717, 1.165) is 0 Å². The number of nitrogens with one attached hydrogen (secondary N) is 1. The highest BCUT2D eigenvalue weighted by atomic mass is 16.4. The Balaban J connectivity index is 3.03. The van der Waals surface area contributed by atoms with Crippen molar-refractivity contribution in [2.24, 2.45) is 0 Å². The zero-order valence-corrected chi connectivity index (χ0v) is 8.90. The molecule has 1 aromatic rings. The summed E-state index contributed by atoms with van der Waals surface area (Å²) in [4.78, 5) is 32.8. The van der Waals surface area contributed by atoms with E-state index in [1.54, 1.807) is 6.92 Å². The molecule has 0 aliphatic heterocycles. The van der Waals surface area contributed by atoms with Gasteiger partial charge >= 0.3 is 5.97 Å². The maximum atomic E-state index is 11.5. The van der Waals surface area contributed by atoms with Crippen LogP contribution in [0.3, 0.4) is 0 Å². The number of hydrogen-bond donors (Lipinski definition) is 2. The van der Waals surface area contributed by atoms with E-state index in [1.807, 2.05) is 0 Å². The molecule has 2 N–H and O–H groups in total. The number of carboxylic acid groups (broad SMARTS) is 1. The Kier molecular flexibility index (Phi) is 3.40. The first-order chi connectivity index (χ1) is 7.41. The zero-order chi connectivity index (χ0) is 12.3. The highest BCUT2D eigenvalue weighted by Gasteiger charge is 2.12. The van der Waals surface area contributed by atoms with Crippen LogP contribution in [0, 0.1) is 6.92 Å². The number of rotatable bonds is 2. The second-order valence-electron chi connectivity index (χ2n) is 3.35. The van der Waals surface area contributed by atoms with Gasteiger partial charge < -0.3 is 5.11 Å². The minimum Gasteiger partial charge on any atom is -0.478 e. The Morgan fingerprint density at radius 2 is 1.88 bits per heavy atom. The maximum absolute atomic E-state index is 11.5. The van der Waals surface area contributed by atoms with Crippen LogP contribution in [0.4, 0.5) is 0 Å². The van der Waals surface area contributed by atoms with E-state index in [9.17, 15) is 14.4 Å². The lowest BCUT2D eigenvalue weighted by Gasteiger charge is -2.05. The minimum absolute atomic E-state index is 0.108. The summed E-state index contributed by atoms with van der Waals surface area (Å²) in [6.45, 7) is 2.85. The van der Waals surface area contributed by atoms with Crippen molar-refractivity contribution in [3.05, 3.63) is 34.9 Å². The largest absolute Gasteiger partial charge is 0.478 e. The lowest BCUT2D eigenvalue weighted by Crippen LogP contribution is -2.28. The third kappa shape index (κ3) is 2.66. The molecule has 2 amide bonds. The summed E-state index contributed by atoms with van der Waals surface area (Å²) in [5, 5.41) is 10.9. The summed E-state index contributed by atoms with van der Waals surface area (Å²) in [6, 6.07) is 4.10. The van der Waals surface area contributed by atoms with Gasteiger partial charge in [-0.05, 0) is 30.7 Å². The average Bonchev–Trinajstić information content (AvgIpc) is 2.15. The average molecular weight is 221 g/mol. The number of benzene rings is 1. The Morgan fingerprint density at radius 1 is 1.25 bits per heavy atom. The fourth-order valence-corrected chi connectivity index (χ4v) is 1.28. The second kappa shape index (κ2) is 4.57. The number of aryl methyl sites for hydroxylation is 1. The number of carbonyl (C=O) groups is 3. The lowest BCUT2D eigenvalue weighted by atomic mass is 10.0. The Bertz CT molecular complexity index is 465. The lowest BCUT2D eigenvalue weighted by molar-refractivity contribution is -0.118. The second-order valence-corrected chi connectivity index (χ2v) is 3.35. The highest BCUT2D eigenvalue weighted by Crippen LogP contribution is 2.11. The summed E-state index contributed by atoms with van der Waals surface area (Å²) in [6.07, 6.45) is 0. The molecule has 0 bridgehead atoms. The third-order valence-electron chi connectivity index (χ3n) is 2.01. The monoisotopic (exact) mass is 221 g/mol. The molecule has 5 heteroatoms. The minimum atomic E-state index is -1.05. The molecule has 0 atom stereocenters. The first kappa shape index (κ1) is 11.9. The van der Waals surface area contributed by atoms with Crippen LogP contribution >= 0.6 is 0 Å². The number of hydrogen-bond acceptors (Lipinski definition) is 3. The van der Waals surface area contributed by atoms with Gasteiger partial charge in [0, 0.05) is 12.5 Å². The topological polar surface area (TPSA) is 83.5 Å². The predicted octanol–water partition coefficient (Wildman–Crippen LogP) is 0.970. The number of imide groups is 1. The van der Waals surface area contributed by atoms with E-state index in [-0.39, 0.29) is 5.56 Å². The molecule has 5 nitrogen and oxygen atoms in total. The smallest absolute Gasteiger partial charge is 0.335 e. The normalized spacial score (nSPS) is 9.62. The molecule has 0 aliphatic rings. The fraction of sp³-hybridized carbons (Fsp3) is 0.182. The molecule has 0 saturated heterocycles. The van der Waals surface area contributed by atoms with Gasteiger partial charge in [-0.25, -0.2) is 4.79 Å². The van der Waals surface area contributed by atoms with Crippen molar-refractivity contribution in [2.45, 2.75) is 13.8 Å². The number of carbonyl (C=O) groups excluding carboxylic acids is 2. The van der Waals surface area contributed by atoms with Gasteiger partial charge in [-0.1, -0.05) is 0 Å². The van der Waals surface area contributed by atoms with Crippen LogP contribution in [0.2, 0.25) is 0 Å². The molecule has 0 fully saturated rings. The summed E-state index contributed by atoms with van der Waals surface area (Å²) < 4.78 is 0. The molecule has 1 aromatic carbocycles. The molecule has 0 saturated carbocycles. The standard InChI is InChI=1S/C11H11NO4/c1-6-5-8(11(15)16)3-4-9(6)10(14)12-7(2)13/h3-5H,1-2H3,(H,15,16)(H,12,13,14). The van der Waals surface area contributed by atoms with Gasteiger partial charge in [-0.15, -0.1) is 0 Å². The van der Waals surface area contributed by atoms with E-state index in [0.29, 0.717) is 11.1 Å². The first-order valence-electron chi connectivity index (χ1n) is 4.57. The summed E-state index contributed by atoms with van der Waals surface area (Å²) >= 11 is 0. The van der Waals surface area contributed by atoms with E-state index in [1.165, 1.54) is 25.1 Å². The first-order valence-corrected chi connectivity index (χ1v) is 4.57. The number of carboxylic acids is 1. The van der Waals surface area contributed by atoms with Crippen LogP contribution in [0.15, 0.2) is 18.2 Å². The molecular formula is C11H11NO4. The quantitative estimate of drug-likeness (QED) is 0.779. The van der Waals surface area contributed by atoms with Crippen molar-refractivity contribution in [3.63, 3.8) is 0 Å². The van der Waals surface area contributed by atoms with Crippen molar-refractivity contribution in [2.75, 3.05) is 0 Å². The fourth-order valence-electron chi connectivity index (χ4n) is 1.28. The maximum Gasteiger partial charge on any atom is 0.335 e. The summed E-state index contributed by atoms with van der Waals surface area (Å²) in [5.41, 5.74) is 0.913. The predicted molar refractivity (Wildman–Crippen MR) is 56.3 cm³/mol. The molecule has 84 valence electrons. The Morgan fingerprint density at radius 3 is 2.31 bits per heavy atom. The molecule has 0 spiro atoms. The van der Waals surface area contributed by atoms with Gasteiger partial charge in [-0.3, -0.25) is 14.9 Å². The molecular weight excluding hydrogens is 210 g/mol. The number of amides is 2. The van der Waals surface area contributed by atoms with Crippen LogP contribution in [-0.2, 0) is 4.79 Å². The molecule has 0 radical (unpaired) electrons. The summed E-state index contributed by atoms with van der Waals surface area (Å²) in [5.74, 6) is -2.03. The summed E-state index contributed by atoms with van der Waals surface area (Å²) in [7, 11) is 0. The highest BCUT2D eigenvalue weighted by molar-refractivity contribution is 6.05. The third-order valence-corrected chi connectivity index (χ3v) is 2.01.